The Balaban J connectivity index is 0.000000952. The molecule has 12 nitrogen and oxygen atoms in total. The first-order chi connectivity index (χ1) is 26.9. The van der Waals surface area contributed by atoms with Gasteiger partial charge >= 0.3 is 0 Å². The lowest BCUT2D eigenvalue weighted by Gasteiger charge is -2.14. The lowest BCUT2D eigenvalue weighted by Crippen LogP contribution is -2.11. The highest BCUT2D eigenvalue weighted by molar-refractivity contribution is 5.89. The zero-order chi connectivity index (χ0) is 40.8. The summed E-state index contributed by atoms with van der Waals surface area (Å²) in [5, 5.41) is 8.76. The second-order valence-electron chi connectivity index (χ2n) is 13.8. The van der Waals surface area contributed by atoms with Crippen molar-refractivity contribution in [3.05, 3.63) is 29.0 Å². The van der Waals surface area contributed by atoms with Crippen molar-refractivity contribution in [3.8, 4) is 11.5 Å². The van der Waals surface area contributed by atoms with Crippen molar-refractivity contribution in [1.29, 1.82) is 0 Å². The second kappa shape index (κ2) is 37.0. The molecular weight excluding hydrogens is 693 g/mol. The molecule has 314 valence electrons. The van der Waals surface area contributed by atoms with Gasteiger partial charge < -0.3 is 41.7 Å². The molecule has 7 N–H and O–H groups in total. The third kappa shape index (κ3) is 26.5. The molecule has 2 rings (SSSR count). The van der Waals surface area contributed by atoms with Crippen molar-refractivity contribution < 1.29 is 19.1 Å². The van der Waals surface area contributed by atoms with Gasteiger partial charge in [-0.2, -0.15) is 4.98 Å². The van der Waals surface area contributed by atoms with E-state index in [0.717, 1.165) is 43.2 Å². The second-order valence-corrected chi connectivity index (χ2v) is 13.8. The van der Waals surface area contributed by atoms with Gasteiger partial charge in [0, 0.05) is 32.3 Å². The van der Waals surface area contributed by atoms with Crippen molar-refractivity contribution in [2.24, 2.45) is 4.99 Å². The summed E-state index contributed by atoms with van der Waals surface area (Å²) in [6.07, 6.45) is 29.8. The van der Waals surface area contributed by atoms with Gasteiger partial charge in [-0.15, -0.1) is 0 Å². The Morgan fingerprint density at radius 1 is 0.709 bits per heavy atom. The van der Waals surface area contributed by atoms with Crippen molar-refractivity contribution in [2.75, 3.05) is 51.1 Å². The van der Waals surface area contributed by atoms with Gasteiger partial charge in [-0.05, 0) is 37.6 Å². The molecule has 0 unspecified atom stereocenters. The van der Waals surface area contributed by atoms with Crippen molar-refractivity contribution >= 4 is 36.4 Å². The Hall–Kier alpha value is -3.93. The van der Waals surface area contributed by atoms with Crippen LogP contribution in [0.1, 0.15) is 166 Å². The van der Waals surface area contributed by atoms with Crippen LogP contribution in [0.3, 0.4) is 0 Å². The van der Waals surface area contributed by atoms with Crippen LogP contribution >= 0.6 is 0 Å². The molecule has 0 saturated carbocycles. The first-order valence-corrected chi connectivity index (χ1v) is 21.0. The van der Waals surface area contributed by atoms with Crippen LogP contribution in [0.15, 0.2) is 17.1 Å². The summed E-state index contributed by atoms with van der Waals surface area (Å²) in [6, 6.07) is 3.94. The molecule has 0 aliphatic carbocycles. The molecule has 0 bridgehead atoms. The molecule has 1 heterocycles. The summed E-state index contributed by atoms with van der Waals surface area (Å²) in [6.45, 7) is 9.12. The average Bonchev–Trinajstić information content (AvgIpc) is 3.19. The van der Waals surface area contributed by atoms with Crippen LogP contribution in [0.2, 0.25) is 0 Å². The fourth-order valence-electron chi connectivity index (χ4n) is 5.81. The highest BCUT2D eigenvalue weighted by Gasteiger charge is 2.13. The molecule has 1 amide bonds. The van der Waals surface area contributed by atoms with Gasteiger partial charge in [0.1, 0.15) is 29.2 Å². The number of hydrogen-bond donors (Lipinski definition) is 5. The highest BCUT2D eigenvalue weighted by Crippen LogP contribution is 2.31. The van der Waals surface area contributed by atoms with Crippen molar-refractivity contribution in [3.63, 3.8) is 0 Å². The molecule has 0 fully saturated rings. The zero-order valence-corrected chi connectivity index (χ0v) is 35.5. The minimum Gasteiger partial charge on any atom is -0.496 e. The number of nitrogens with one attached hydrogen (secondary N) is 3. The topological polar surface area (TPSA) is 179 Å². The molecule has 0 radical (unpaired) electrons. The van der Waals surface area contributed by atoms with E-state index in [1.165, 1.54) is 103 Å². The fourth-order valence-corrected chi connectivity index (χ4v) is 5.81. The zero-order valence-electron chi connectivity index (χ0n) is 35.5. The molecule has 1 aromatic heterocycles. The highest BCUT2D eigenvalue weighted by atomic mass is 16.5. The number of aromatic nitrogens is 2. The van der Waals surface area contributed by atoms with Gasteiger partial charge in [0.15, 0.2) is 5.82 Å². The molecule has 55 heavy (non-hydrogen) atoms. The number of benzene rings is 1. The maximum absolute atomic E-state index is 9.65. The van der Waals surface area contributed by atoms with Crippen LogP contribution < -0.4 is 36.9 Å². The first kappa shape index (κ1) is 51.1. The minimum atomic E-state index is 0.145. The van der Waals surface area contributed by atoms with Gasteiger partial charge in [-0.3, -0.25) is 9.79 Å². The molecule has 12 heteroatoms. The van der Waals surface area contributed by atoms with Gasteiger partial charge in [0.2, 0.25) is 12.4 Å². The largest absolute Gasteiger partial charge is 0.496 e. The number of ether oxygens (including phenoxy) is 2. The fraction of sp³-hybridized carbons (Fsp3) is 0.698. The smallest absolute Gasteiger partial charge is 0.222 e. The Kier molecular flexibility index (Phi) is 34.4. The summed E-state index contributed by atoms with van der Waals surface area (Å²) in [7, 11) is 5.14. The SMILES string of the molecule is CCCCCCCCCCCCCCCCCC.CCCCNc1nc(N)nc(C=NCc2c(OC)cc(CNC)cc2OC)c1N.O=CCCCNC=O. The van der Waals surface area contributed by atoms with Crippen LogP contribution in [0.25, 0.3) is 0 Å². The van der Waals surface area contributed by atoms with Crippen LogP contribution in [-0.2, 0) is 22.7 Å². The van der Waals surface area contributed by atoms with E-state index in [9.17, 15) is 9.59 Å². The molecule has 0 spiro atoms. The summed E-state index contributed by atoms with van der Waals surface area (Å²) in [4.78, 5) is 32.1. The molecular formula is C43H78N8O4. The molecule has 1 aromatic carbocycles. The number of carbonyl (C=O) groups is 2. The monoisotopic (exact) mass is 771 g/mol. The number of methoxy groups -OCH3 is 2. The Morgan fingerprint density at radius 2 is 1.22 bits per heavy atom. The summed E-state index contributed by atoms with van der Waals surface area (Å²) in [5.41, 5.74) is 14.8. The predicted molar refractivity (Wildman–Crippen MR) is 232 cm³/mol. The lowest BCUT2D eigenvalue weighted by molar-refractivity contribution is -0.110. The van der Waals surface area contributed by atoms with Crippen molar-refractivity contribution in [2.45, 2.75) is 162 Å². The van der Waals surface area contributed by atoms with Crippen LogP contribution in [-0.4, -0.2) is 63.2 Å². The van der Waals surface area contributed by atoms with E-state index in [1.807, 2.05) is 19.2 Å². The van der Waals surface area contributed by atoms with Crippen molar-refractivity contribution in [1.82, 2.24) is 20.6 Å². The minimum absolute atomic E-state index is 0.145. The summed E-state index contributed by atoms with van der Waals surface area (Å²) < 4.78 is 11.1. The molecule has 0 aliphatic rings. The molecule has 0 aliphatic heterocycles. The van der Waals surface area contributed by atoms with E-state index in [1.54, 1.807) is 20.4 Å². The first-order valence-electron chi connectivity index (χ1n) is 21.0. The van der Waals surface area contributed by atoms with Gasteiger partial charge in [0.25, 0.3) is 0 Å². The number of nitrogen functional groups attached to an aromatic ring is 2. The number of aldehydes is 1. The maximum Gasteiger partial charge on any atom is 0.222 e. The standard InChI is InChI=1S/C20H31N7O2.C18H38.C5H9NO2/c1-5-6-7-25-19-18(21)15(26-20(22)27-19)12-24-11-14-16(28-3)8-13(10-23-2)9-17(14)29-4;1-3-5-7-9-11-13-15-17-18-16-14-12-10-8-6-4-2;7-4-2-1-3-6-5-8/h8-9,12,23H,5-7,10-11,21H2,1-4H3,(H3,22,25,26,27);3-18H2,1-2H3;4-5H,1-3H2,(H,6,8). The average molecular weight is 771 g/mol. The van der Waals surface area contributed by atoms with Gasteiger partial charge in [0.05, 0.1) is 26.3 Å². The van der Waals surface area contributed by atoms with E-state index in [4.69, 9.17) is 20.9 Å². The number of anilines is 3. The van der Waals surface area contributed by atoms with E-state index in [-0.39, 0.29) is 5.95 Å². The number of carbonyl (C=O) groups excluding carboxylic acids is 2. The van der Waals surface area contributed by atoms with Crippen LogP contribution in [0.4, 0.5) is 17.5 Å². The quantitative estimate of drug-likeness (QED) is 0.0282. The molecule has 0 atom stereocenters. The Labute approximate surface area is 334 Å². The summed E-state index contributed by atoms with van der Waals surface area (Å²) in [5.74, 6) is 2.10. The maximum atomic E-state index is 9.65. The number of nitrogens with zero attached hydrogens (tertiary/aromatic N) is 3. The Bertz CT molecular complexity index is 1210. The number of unbranched alkanes of at least 4 members (excludes halogenated alkanes) is 17. The van der Waals surface area contributed by atoms with Crippen LogP contribution in [0.5, 0.6) is 11.5 Å². The predicted octanol–water partition coefficient (Wildman–Crippen LogP) is 9.19. The van der Waals surface area contributed by atoms with E-state index in [2.05, 4.69) is 51.7 Å². The Morgan fingerprint density at radius 3 is 1.65 bits per heavy atom. The normalized spacial score (nSPS) is 10.6. The lowest BCUT2D eigenvalue weighted by atomic mass is 10.0. The number of aliphatic imine (C=N–C) groups is 1. The van der Waals surface area contributed by atoms with Gasteiger partial charge in [-0.1, -0.05) is 130 Å². The van der Waals surface area contributed by atoms with E-state index in [0.29, 0.717) is 61.2 Å². The number of amides is 1. The van der Waals surface area contributed by atoms with Crippen LogP contribution in [0, 0.1) is 0 Å². The third-order valence-electron chi connectivity index (χ3n) is 9.01. The van der Waals surface area contributed by atoms with Gasteiger partial charge in [-0.25, -0.2) is 4.98 Å². The number of hydrogen-bond acceptors (Lipinski definition) is 11. The third-order valence-corrected chi connectivity index (χ3v) is 9.01. The number of nitrogens with two attached hydrogens (primary N) is 2. The van der Waals surface area contributed by atoms with E-state index < -0.39 is 0 Å². The molecule has 2 aromatic rings. The summed E-state index contributed by atoms with van der Waals surface area (Å²) >= 11 is 0. The van der Waals surface area contributed by atoms with E-state index >= 15 is 0 Å². The number of rotatable bonds is 31. The molecule has 0 saturated heterocycles.